The number of hydrogen-bond donors (Lipinski definition) is 0. The van der Waals surface area contributed by atoms with Crippen LogP contribution in [-0.4, -0.2) is 34.4 Å². The highest BCUT2D eigenvalue weighted by Gasteiger charge is 2.20. The maximum absolute atomic E-state index is 13.7. The number of rotatable bonds is 7. The van der Waals surface area contributed by atoms with Gasteiger partial charge in [-0.2, -0.15) is 5.26 Å². The smallest absolute Gasteiger partial charge is 0.254 e. The molecule has 4 aromatic rings. The monoisotopic (exact) mass is 422 g/mol. The summed E-state index contributed by atoms with van der Waals surface area (Å²) in [4.78, 5) is 24.3. The topological polar surface area (TPSA) is 79.1 Å². The summed E-state index contributed by atoms with van der Waals surface area (Å²) in [5, 5.41) is 9.90. The number of pyridine rings is 2. The van der Waals surface area contributed by atoms with E-state index in [1.54, 1.807) is 24.4 Å². The van der Waals surface area contributed by atoms with E-state index in [2.05, 4.69) is 11.1 Å². The average molecular weight is 422 g/mol. The molecule has 158 valence electrons. The van der Waals surface area contributed by atoms with Gasteiger partial charge >= 0.3 is 0 Å². The molecule has 0 unspecified atom stereocenters. The molecule has 0 fully saturated rings. The third-order valence-electron chi connectivity index (χ3n) is 5.21. The summed E-state index contributed by atoms with van der Waals surface area (Å²) in [6, 6.07) is 22.9. The zero-order valence-electron chi connectivity index (χ0n) is 17.7. The molecule has 0 bridgehead atoms. The number of para-hydroxylation sites is 1. The number of amides is 1. The van der Waals surface area contributed by atoms with Gasteiger partial charge in [-0.25, -0.2) is 4.98 Å². The number of benzene rings is 2. The molecule has 6 heteroatoms. The normalized spacial score (nSPS) is 10.5. The van der Waals surface area contributed by atoms with Crippen LogP contribution in [0.25, 0.3) is 22.2 Å². The Hall–Kier alpha value is -4.24. The van der Waals surface area contributed by atoms with E-state index in [0.717, 1.165) is 27.8 Å². The van der Waals surface area contributed by atoms with E-state index in [4.69, 9.17) is 15.0 Å². The Labute approximate surface area is 186 Å². The van der Waals surface area contributed by atoms with Crippen LogP contribution in [0.3, 0.4) is 0 Å². The van der Waals surface area contributed by atoms with Crippen molar-refractivity contribution in [2.45, 2.75) is 13.0 Å². The maximum atomic E-state index is 13.7. The minimum Gasteiger partial charge on any atom is -0.497 e. The van der Waals surface area contributed by atoms with Gasteiger partial charge in [0, 0.05) is 36.4 Å². The van der Waals surface area contributed by atoms with Crippen LogP contribution >= 0.6 is 0 Å². The summed E-state index contributed by atoms with van der Waals surface area (Å²) >= 11 is 0. The van der Waals surface area contributed by atoms with Crippen molar-refractivity contribution in [1.29, 1.82) is 5.26 Å². The number of hydrogen-bond acceptors (Lipinski definition) is 5. The lowest BCUT2D eigenvalue weighted by Gasteiger charge is -2.23. The van der Waals surface area contributed by atoms with Crippen molar-refractivity contribution < 1.29 is 9.53 Å². The minimum absolute atomic E-state index is 0.141. The number of carbonyl (C=O) groups is 1. The van der Waals surface area contributed by atoms with Crippen molar-refractivity contribution in [3.8, 4) is 23.1 Å². The maximum Gasteiger partial charge on any atom is 0.254 e. The van der Waals surface area contributed by atoms with Crippen LogP contribution in [0.2, 0.25) is 0 Å². The fourth-order valence-corrected chi connectivity index (χ4v) is 3.58. The van der Waals surface area contributed by atoms with E-state index in [1.165, 1.54) is 0 Å². The quantitative estimate of drug-likeness (QED) is 0.425. The predicted molar refractivity (Wildman–Crippen MR) is 123 cm³/mol. The lowest BCUT2D eigenvalue weighted by atomic mass is 10.0. The molecule has 0 saturated heterocycles. The van der Waals surface area contributed by atoms with Crippen molar-refractivity contribution in [2.75, 3.05) is 13.7 Å². The molecule has 2 aromatic heterocycles. The summed E-state index contributed by atoms with van der Waals surface area (Å²) in [5.74, 6) is 0.613. The number of nitriles is 1. The van der Waals surface area contributed by atoms with Crippen LogP contribution < -0.4 is 4.74 Å². The summed E-state index contributed by atoms with van der Waals surface area (Å²) in [6.45, 7) is 0.710. The molecule has 6 nitrogen and oxygen atoms in total. The first-order valence-electron chi connectivity index (χ1n) is 10.3. The Balaban J connectivity index is 1.77. The molecule has 0 aliphatic carbocycles. The van der Waals surface area contributed by atoms with Crippen LogP contribution in [0.4, 0.5) is 0 Å². The summed E-state index contributed by atoms with van der Waals surface area (Å²) < 4.78 is 5.25. The fraction of sp³-hybridized carbons (Fsp3) is 0.154. The van der Waals surface area contributed by atoms with Crippen molar-refractivity contribution in [3.63, 3.8) is 0 Å². The summed E-state index contributed by atoms with van der Waals surface area (Å²) in [6.07, 6.45) is 3.68. The van der Waals surface area contributed by atoms with Gasteiger partial charge in [0.05, 0.1) is 36.4 Å². The van der Waals surface area contributed by atoms with Gasteiger partial charge in [-0.3, -0.25) is 9.78 Å². The van der Waals surface area contributed by atoms with Crippen molar-refractivity contribution >= 4 is 16.8 Å². The number of aromatic nitrogens is 2. The molecular weight excluding hydrogens is 400 g/mol. The van der Waals surface area contributed by atoms with E-state index >= 15 is 0 Å². The Morgan fingerprint density at radius 2 is 1.91 bits per heavy atom. The Morgan fingerprint density at radius 1 is 1.09 bits per heavy atom. The van der Waals surface area contributed by atoms with Gasteiger partial charge in [0.1, 0.15) is 5.75 Å². The predicted octanol–water partition coefficient (Wildman–Crippen LogP) is 4.86. The zero-order chi connectivity index (χ0) is 22.3. The summed E-state index contributed by atoms with van der Waals surface area (Å²) in [7, 11) is 1.62. The SMILES string of the molecule is COc1ccc(-c2cc(C(=O)N(CCC#N)Cc3cccnc3)c3ccccc3n2)cc1. The van der Waals surface area contributed by atoms with Crippen molar-refractivity contribution in [3.05, 3.63) is 90.3 Å². The van der Waals surface area contributed by atoms with Crippen molar-refractivity contribution in [1.82, 2.24) is 14.9 Å². The van der Waals surface area contributed by atoms with E-state index in [1.807, 2.05) is 66.7 Å². The highest BCUT2D eigenvalue weighted by molar-refractivity contribution is 6.07. The Bertz CT molecular complexity index is 1260. The van der Waals surface area contributed by atoms with Gasteiger partial charge in [0.25, 0.3) is 5.91 Å². The average Bonchev–Trinajstić information content (AvgIpc) is 2.86. The molecule has 0 radical (unpaired) electrons. The standard InChI is InChI=1S/C26H22N4O2/c1-32-21-11-9-20(10-12-21)25-16-23(22-7-2-3-8-24(22)29-25)26(31)30(15-5-13-27)18-19-6-4-14-28-17-19/h2-4,6-12,14,16-17H,5,15,18H2,1H3. The second kappa shape index (κ2) is 9.71. The molecule has 4 rings (SSSR count). The number of fused-ring (bicyclic) bond motifs is 1. The van der Waals surface area contributed by atoms with Crippen LogP contribution in [0, 0.1) is 11.3 Å². The van der Waals surface area contributed by atoms with E-state index in [0.29, 0.717) is 24.3 Å². The van der Waals surface area contributed by atoms with E-state index in [9.17, 15) is 4.79 Å². The molecule has 0 N–H and O–H groups in total. The van der Waals surface area contributed by atoms with Crippen LogP contribution in [-0.2, 0) is 6.54 Å². The first-order chi connectivity index (χ1) is 15.7. The van der Waals surface area contributed by atoms with Crippen molar-refractivity contribution in [2.24, 2.45) is 0 Å². The molecule has 2 aromatic carbocycles. The fourth-order valence-electron chi connectivity index (χ4n) is 3.58. The first-order valence-corrected chi connectivity index (χ1v) is 10.3. The molecule has 0 aliphatic rings. The molecule has 1 amide bonds. The van der Waals surface area contributed by atoms with Crippen LogP contribution in [0.15, 0.2) is 79.1 Å². The van der Waals surface area contributed by atoms with E-state index < -0.39 is 0 Å². The lowest BCUT2D eigenvalue weighted by Crippen LogP contribution is -2.31. The highest BCUT2D eigenvalue weighted by Crippen LogP contribution is 2.27. The molecule has 0 aliphatic heterocycles. The van der Waals surface area contributed by atoms with Gasteiger partial charge in [-0.1, -0.05) is 24.3 Å². The molecule has 0 saturated carbocycles. The molecular formula is C26H22N4O2. The third-order valence-corrected chi connectivity index (χ3v) is 5.21. The zero-order valence-corrected chi connectivity index (χ0v) is 17.7. The molecule has 32 heavy (non-hydrogen) atoms. The Kier molecular flexibility index (Phi) is 6.38. The summed E-state index contributed by atoms with van der Waals surface area (Å²) in [5.41, 5.74) is 3.80. The number of methoxy groups -OCH3 is 1. The van der Waals surface area contributed by atoms with Gasteiger partial charge in [-0.05, 0) is 48.0 Å². The van der Waals surface area contributed by atoms with Gasteiger partial charge in [0.15, 0.2) is 0 Å². The highest BCUT2D eigenvalue weighted by atomic mass is 16.5. The molecule has 0 spiro atoms. The van der Waals surface area contributed by atoms with Crippen LogP contribution in [0.1, 0.15) is 22.3 Å². The van der Waals surface area contributed by atoms with Gasteiger partial charge in [0.2, 0.25) is 0 Å². The number of carbonyl (C=O) groups excluding carboxylic acids is 1. The Morgan fingerprint density at radius 3 is 2.62 bits per heavy atom. The second-order valence-electron chi connectivity index (χ2n) is 7.30. The van der Waals surface area contributed by atoms with E-state index in [-0.39, 0.29) is 12.3 Å². The molecule has 0 atom stereocenters. The van der Waals surface area contributed by atoms with Gasteiger partial charge in [-0.15, -0.1) is 0 Å². The second-order valence-corrected chi connectivity index (χ2v) is 7.30. The minimum atomic E-state index is -0.141. The lowest BCUT2D eigenvalue weighted by molar-refractivity contribution is 0.0748. The largest absolute Gasteiger partial charge is 0.497 e. The number of nitrogens with zero attached hydrogens (tertiary/aromatic N) is 4. The number of ether oxygens (including phenoxy) is 1. The van der Waals surface area contributed by atoms with Crippen LogP contribution in [0.5, 0.6) is 5.75 Å². The first kappa shape index (κ1) is 21.0. The van der Waals surface area contributed by atoms with Gasteiger partial charge < -0.3 is 9.64 Å². The molecule has 2 heterocycles. The third kappa shape index (κ3) is 4.57.